The normalized spacial score (nSPS) is 11.5. The number of aliphatic imine (C=N–C) groups is 1. The Kier molecular flexibility index (Phi) is 7.59. The fourth-order valence-corrected chi connectivity index (χ4v) is 2.76. The third-order valence-electron chi connectivity index (χ3n) is 3.98. The van der Waals surface area contributed by atoms with Gasteiger partial charge in [-0.2, -0.15) is 0 Å². The number of carbonyl (C=O) groups is 1. The fraction of sp³-hybridized carbons (Fsp3) is 0.333. The van der Waals surface area contributed by atoms with E-state index in [4.69, 9.17) is 10.5 Å². The van der Waals surface area contributed by atoms with Gasteiger partial charge < -0.3 is 10.5 Å². The number of hydrogen-bond acceptors (Lipinski definition) is 6. The summed E-state index contributed by atoms with van der Waals surface area (Å²) in [7, 11) is 0. The molecule has 0 spiro atoms. The van der Waals surface area contributed by atoms with Gasteiger partial charge in [0.05, 0.1) is 17.9 Å². The molecule has 0 fully saturated rings. The van der Waals surface area contributed by atoms with Gasteiger partial charge in [-0.3, -0.25) is 9.79 Å². The standard InChI is InChI=1S/C21H24N4O2S/c1-5-6-10-27-19-14-23-17(13-24-19)18(26)12-15-8-7-9-16(11-15)21(2,3)25-20(22)28-4/h7-9,11,13-14H,10,12H2,1-4H3,(H2,22,25). The van der Waals surface area contributed by atoms with Crippen molar-refractivity contribution in [2.75, 3.05) is 12.9 Å². The number of rotatable bonds is 7. The number of nitrogens with two attached hydrogens (primary N) is 1. The first-order valence-corrected chi connectivity index (χ1v) is 9.94. The highest BCUT2D eigenvalue weighted by Crippen LogP contribution is 2.26. The van der Waals surface area contributed by atoms with Crippen LogP contribution in [0.2, 0.25) is 0 Å². The summed E-state index contributed by atoms with van der Waals surface area (Å²) in [5, 5.41) is 0.522. The van der Waals surface area contributed by atoms with Crippen LogP contribution in [0.1, 0.15) is 42.4 Å². The lowest BCUT2D eigenvalue weighted by molar-refractivity contribution is 0.0987. The van der Waals surface area contributed by atoms with Gasteiger partial charge in [-0.1, -0.05) is 41.9 Å². The number of Topliss-reactive ketones (excluding diaryl/α,β-unsaturated/α-hetero) is 1. The molecule has 0 amide bonds. The minimum Gasteiger partial charge on any atom is -0.463 e. The third kappa shape index (κ3) is 6.10. The van der Waals surface area contributed by atoms with E-state index >= 15 is 0 Å². The summed E-state index contributed by atoms with van der Waals surface area (Å²) in [6, 6.07) is 7.79. The third-order valence-corrected chi connectivity index (χ3v) is 4.49. The Balaban J connectivity index is 2.11. The molecule has 6 nitrogen and oxygen atoms in total. The topological polar surface area (TPSA) is 90.5 Å². The molecule has 2 aromatic rings. The van der Waals surface area contributed by atoms with Gasteiger partial charge in [-0.15, -0.1) is 5.92 Å². The second kappa shape index (κ2) is 9.90. The highest BCUT2D eigenvalue weighted by atomic mass is 32.2. The molecule has 1 heterocycles. The number of ether oxygens (including phenoxy) is 1. The summed E-state index contributed by atoms with van der Waals surface area (Å²) in [5.41, 5.74) is 7.55. The van der Waals surface area contributed by atoms with Crippen LogP contribution < -0.4 is 10.5 Å². The molecule has 0 bridgehead atoms. The van der Waals surface area contributed by atoms with E-state index in [1.165, 1.54) is 24.2 Å². The van der Waals surface area contributed by atoms with Gasteiger partial charge in [0.25, 0.3) is 0 Å². The molecule has 0 aliphatic carbocycles. The lowest BCUT2D eigenvalue weighted by atomic mass is 9.92. The van der Waals surface area contributed by atoms with Gasteiger partial charge in [0.1, 0.15) is 5.69 Å². The largest absolute Gasteiger partial charge is 0.463 e. The van der Waals surface area contributed by atoms with Crippen LogP contribution in [0.15, 0.2) is 41.7 Å². The molecule has 0 unspecified atom stereocenters. The van der Waals surface area contributed by atoms with Crippen molar-refractivity contribution in [3.63, 3.8) is 0 Å². The van der Waals surface area contributed by atoms with Crippen LogP contribution in [0.25, 0.3) is 0 Å². The highest BCUT2D eigenvalue weighted by molar-refractivity contribution is 8.13. The lowest BCUT2D eigenvalue weighted by Gasteiger charge is -2.21. The molecular formula is C21H24N4O2S. The van der Waals surface area contributed by atoms with E-state index in [9.17, 15) is 4.79 Å². The number of hydrogen-bond donors (Lipinski definition) is 1. The zero-order chi connectivity index (χ0) is 20.6. The zero-order valence-corrected chi connectivity index (χ0v) is 17.3. The van der Waals surface area contributed by atoms with Gasteiger partial charge in [-0.05, 0) is 38.2 Å². The second-order valence-corrected chi connectivity index (χ2v) is 7.30. The van der Waals surface area contributed by atoms with Crippen molar-refractivity contribution < 1.29 is 9.53 Å². The summed E-state index contributed by atoms with van der Waals surface area (Å²) in [5.74, 6) is 5.73. The smallest absolute Gasteiger partial charge is 0.233 e. The molecule has 2 rings (SSSR count). The number of ketones is 1. The highest BCUT2D eigenvalue weighted by Gasteiger charge is 2.20. The monoisotopic (exact) mass is 396 g/mol. The van der Waals surface area contributed by atoms with Crippen molar-refractivity contribution in [2.45, 2.75) is 32.7 Å². The number of amidine groups is 1. The fourth-order valence-electron chi connectivity index (χ4n) is 2.44. The summed E-state index contributed by atoms with van der Waals surface area (Å²) in [4.78, 5) is 25.4. The Hall–Kier alpha value is -2.85. The number of nitrogens with zero attached hydrogens (tertiary/aromatic N) is 3. The van der Waals surface area contributed by atoms with Crippen LogP contribution in [-0.2, 0) is 12.0 Å². The maximum absolute atomic E-state index is 12.6. The summed E-state index contributed by atoms with van der Waals surface area (Å²) < 4.78 is 5.31. The Morgan fingerprint density at radius 2 is 2.11 bits per heavy atom. The average molecular weight is 397 g/mol. The minimum atomic E-state index is -0.480. The van der Waals surface area contributed by atoms with E-state index in [1.54, 1.807) is 6.92 Å². The second-order valence-electron chi connectivity index (χ2n) is 6.47. The molecule has 0 saturated heterocycles. The molecule has 2 N–H and O–H groups in total. The molecule has 0 atom stereocenters. The maximum Gasteiger partial charge on any atom is 0.233 e. The van der Waals surface area contributed by atoms with Gasteiger partial charge >= 0.3 is 0 Å². The molecule has 0 aliphatic rings. The first-order chi connectivity index (χ1) is 13.4. The van der Waals surface area contributed by atoms with Crippen molar-refractivity contribution in [3.8, 4) is 17.7 Å². The summed E-state index contributed by atoms with van der Waals surface area (Å²) >= 11 is 1.41. The van der Waals surface area contributed by atoms with E-state index in [0.29, 0.717) is 16.7 Å². The minimum absolute atomic E-state index is 0.116. The predicted molar refractivity (Wildman–Crippen MR) is 114 cm³/mol. The lowest BCUT2D eigenvalue weighted by Crippen LogP contribution is -2.20. The number of benzene rings is 1. The molecular weight excluding hydrogens is 372 g/mol. The first-order valence-electron chi connectivity index (χ1n) is 8.72. The Morgan fingerprint density at radius 3 is 2.75 bits per heavy atom. The van der Waals surface area contributed by atoms with E-state index in [1.807, 2.05) is 44.4 Å². The van der Waals surface area contributed by atoms with Crippen molar-refractivity contribution in [2.24, 2.45) is 10.7 Å². The van der Waals surface area contributed by atoms with Gasteiger partial charge in [-0.25, -0.2) is 9.97 Å². The van der Waals surface area contributed by atoms with Crippen LogP contribution in [-0.4, -0.2) is 33.8 Å². The molecule has 1 aromatic carbocycles. The number of thioether (sulfide) groups is 1. The molecule has 146 valence electrons. The molecule has 0 saturated carbocycles. The predicted octanol–water partition coefficient (Wildman–Crippen LogP) is 3.22. The van der Waals surface area contributed by atoms with Crippen molar-refractivity contribution in [3.05, 3.63) is 53.5 Å². The van der Waals surface area contributed by atoms with Gasteiger partial charge in [0, 0.05) is 6.42 Å². The van der Waals surface area contributed by atoms with Crippen molar-refractivity contribution in [1.82, 2.24) is 9.97 Å². The summed E-state index contributed by atoms with van der Waals surface area (Å²) in [6.07, 6.45) is 4.97. The van der Waals surface area contributed by atoms with Crippen LogP contribution in [0, 0.1) is 11.8 Å². The van der Waals surface area contributed by atoms with E-state index in [2.05, 4.69) is 26.8 Å². The van der Waals surface area contributed by atoms with Crippen LogP contribution >= 0.6 is 11.8 Å². The van der Waals surface area contributed by atoms with Gasteiger partial charge in [0.15, 0.2) is 17.6 Å². The quantitative estimate of drug-likeness (QED) is 0.334. The maximum atomic E-state index is 12.6. The first kappa shape index (κ1) is 21.5. The molecule has 1 aromatic heterocycles. The zero-order valence-electron chi connectivity index (χ0n) is 16.5. The molecule has 0 radical (unpaired) electrons. The van der Waals surface area contributed by atoms with E-state index in [-0.39, 0.29) is 18.8 Å². The molecule has 28 heavy (non-hydrogen) atoms. The van der Waals surface area contributed by atoms with E-state index in [0.717, 1.165) is 11.1 Å². The van der Waals surface area contributed by atoms with Crippen LogP contribution in [0.5, 0.6) is 5.88 Å². The summed E-state index contributed by atoms with van der Waals surface area (Å²) in [6.45, 7) is 5.95. The average Bonchev–Trinajstić information content (AvgIpc) is 2.68. The SMILES string of the molecule is CC#CCOc1cnc(C(=O)Cc2cccc(C(C)(C)N=C(N)SC)c2)cn1. The van der Waals surface area contributed by atoms with Gasteiger partial charge in [0.2, 0.25) is 5.88 Å². The Labute approximate surface area is 170 Å². The Morgan fingerprint density at radius 1 is 1.32 bits per heavy atom. The van der Waals surface area contributed by atoms with Crippen LogP contribution in [0.4, 0.5) is 0 Å². The molecule has 0 aliphatic heterocycles. The van der Waals surface area contributed by atoms with Crippen LogP contribution in [0.3, 0.4) is 0 Å². The molecule has 7 heteroatoms. The van der Waals surface area contributed by atoms with E-state index < -0.39 is 5.54 Å². The Bertz CT molecular complexity index is 912. The van der Waals surface area contributed by atoms with Crippen molar-refractivity contribution in [1.29, 1.82) is 0 Å². The van der Waals surface area contributed by atoms with Crippen molar-refractivity contribution >= 4 is 22.7 Å². The number of aromatic nitrogens is 2. The number of carbonyl (C=O) groups excluding carboxylic acids is 1.